The molecule has 5 aliphatic rings. The summed E-state index contributed by atoms with van der Waals surface area (Å²) >= 11 is 0. The molecule has 5 aromatic rings. The van der Waals surface area contributed by atoms with Crippen molar-refractivity contribution in [2.75, 3.05) is 55.6 Å². The molecular formula is C46H50N8O4. The number of nitrogens with zero attached hydrogens (tertiary/aromatic N) is 7. The molecule has 0 bridgehead atoms. The van der Waals surface area contributed by atoms with Crippen LogP contribution in [-0.4, -0.2) is 106 Å². The van der Waals surface area contributed by atoms with E-state index in [2.05, 4.69) is 79.6 Å². The third-order valence-electron chi connectivity index (χ3n) is 13.4. The van der Waals surface area contributed by atoms with Crippen LogP contribution in [0.1, 0.15) is 65.7 Å². The van der Waals surface area contributed by atoms with Crippen molar-refractivity contribution in [2.24, 2.45) is 13.0 Å². The maximum atomic E-state index is 13.4. The van der Waals surface area contributed by atoms with Gasteiger partial charge >= 0.3 is 0 Å². The van der Waals surface area contributed by atoms with Crippen LogP contribution in [0.3, 0.4) is 0 Å². The van der Waals surface area contributed by atoms with Crippen LogP contribution in [0.2, 0.25) is 0 Å². The summed E-state index contributed by atoms with van der Waals surface area (Å²) in [6.07, 6.45) is 12.9. The van der Waals surface area contributed by atoms with E-state index >= 15 is 0 Å². The lowest BCUT2D eigenvalue weighted by Gasteiger charge is -2.43. The highest BCUT2D eigenvalue weighted by molar-refractivity contribution is 6.23. The average Bonchev–Trinajstić information content (AvgIpc) is 3.66. The quantitative estimate of drug-likeness (QED) is 0.176. The van der Waals surface area contributed by atoms with Crippen molar-refractivity contribution in [3.63, 3.8) is 0 Å². The topological polar surface area (TPSA) is 116 Å². The van der Waals surface area contributed by atoms with Gasteiger partial charge in [-0.15, -0.1) is 0 Å². The fourth-order valence-electron chi connectivity index (χ4n) is 9.81. The van der Waals surface area contributed by atoms with Crippen LogP contribution in [0, 0.1) is 5.92 Å². The number of hydrogen-bond acceptors (Lipinski definition) is 9. The number of ether oxygens (including phenoxy) is 1. The van der Waals surface area contributed by atoms with Gasteiger partial charge in [-0.05, 0) is 105 Å². The molecule has 1 unspecified atom stereocenters. The zero-order chi connectivity index (χ0) is 39.5. The molecule has 3 aromatic heterocycles. The predicted molar refractivity (Wildman–Crippen MR) is 225 cm³/mol. The van der Waals surface area contributed by atoms with E-state index in [0.717, 1.165) is 99.0 Å². The van der Waals surface area contributed by atoms with E-state index in [1.807, 2.05) is 30.7 Å². The first-order valence-corrected chi connectivity index (χ1v) is 20.9. The molecule has 0 saturated carbocycles. The van der Waals surface area contributed by atoms with Gasteiger partial charge in [0.05, 0.1) is 28.9 Å². The molecule has 0 spiro atoms. The van der Waals surface area contributed by atoms with Gasteiger partial charge in [-0.25, -0.2) is 4.98 Å². The fraction of sp³-hybridized carbons (Fsp3) is 0.413. The highest BCUT2D eigenvalue weighted by atomic mass is 16.5. The molecule has 4 fully saturated rings. The molecule has 0 radical (unpaired) electrons. The van der Waals surface area contributed by atoms with Crippen molar-refractivity contribution in [3.05, 3.63) is 96.6 Å². The molecule has 5 aliphatic heterocycles. The second kappa shape index (κ2) is 15.0. The third kappa shape index (κ3) is 6.71. The Balaban J connectivity index is 0.646. The van der Waals surface area contributed by atoms with Gasteiger partial charge in [0.2, 0.25) is 5.91 Å². The normalized spacial score (nSPS) is 21.3. The number of anilines is 2. The number of carbonyl (C=O) groups is 3. The number of piperidine rings is 3. The van der Waals surface area contributed by atoms with E-state index in [1.54, 1.807) is 6.07 Å². The Labute approximate surface area is 338 Å². The minimum atomic E-state index is -0.791. The first-order chi connectivity index (χ1) is 28.3. The summed E-state index contributed by atoms with van der Waals surface area (Å²) in [5.74, 6) is 0.577. The SMILES string of the molecule is C=C1CCC(N2C(=O)c3ccc(N4CCC(CCN5CCC(OC6CN(c7ccc(-c8ccc9c%10cnccc%10n(C)c9c8)cn7)C6)CC5)CC4)cc3C2=O)C(=O)N1. The Morgan fingerprint density at radius 1 is 0.776 bits per heavy atom. The molecular weight excluding hydrogens is 729 g/mol. The Hall–Kier alpha value is -5.59. The molecule has 3 amide bonds. The smallest absolute Gasteiger partial charge is 0.262 e. The number of benzene rings is 2. The van der Waals surface area contributed by atoms with Crippen molar-refractivity contribution >= 4 is 51.0 Å². The van der Waals surface area contributed by atoms with Gasteiger partial charge in [0.15, 0.2) is 0 Å². The number of pyridine rings is 2. The monoisotopic (exact) mass is 778 g/mol. The van der Waals surface area contributed by atoms with Crippen molar-refractivity contribution in [3.8, 4) is 11.1 Å². The number of aromatic nitrogens is 3. The molecule has 298 valence electrons. The van der Waals surface area contributed by atoms with Crippen LogP contribution in [-0.2, 0) is 16.6 Å². The lowest BCUT2D eigenvalue weighted by molar-refractivity contribution is -0.125. The lowest BCUT2D eigenvalue weighted by atomic mass is 9.92. The summed E-state index contributed by atoms with van der Waals surface area (Å²) in [6, 6.07) is 17.8. The third-order valence-corrected chi connectivity index (χ3v) is 13.4. The molecule has 8 heterocycles. The number of nitrogens with one attached hydrogen (secondary N) is 1. The molecule has 1 N–H and O–H groups in total. The number of imide groups is 1. The van der Waals surface area contributed by atoms with Crippen molar-refractivity contribution in [1.29, 1.82) is 0 Å². The average molecular weight is 779 g/mol. The van der Waals surface area contributed by atoms with Crippen LogP contribution in [0.25, 0.3) is 32.9 Å². The Morgan fingerprint density at radius 2 is 1.57 bits per heavy atom. The summed E-state index contributed by atoms with van der Waals surface area (Å²) < 4.78 is 8.79. The molecule has 0 aliphatic carbocycles. The molecule has 10 rings (SSSR count). The molecule has 1 atom stereocenters. The summed E-state index contributed by atoms with van der Waals surface area (Å²) in [4.78, 5) is 56.7. The minimum absolute atomic E-state index is 0.258. The molecule has 12 heteroatoms. The van der Waals surface area contributed by atoms with Gasteiger partial charge in [0.1, 0.15) is 11.9 Å². The van der Waals surface area contributed by atoms with Crippen molar-refractivity contribution in [2.45, 2.75) is 63.2 Å². The number of fused-ring (bicyclic) bond motifs is 4. The standard InChI is InChI=1S/C46H50N8O4/c1-29-3-9-41(44(55)49-29)54-45(56)37-8-6-33(24-38(37)46(54)57)52-21-13-30(14-22-52)12-18-51-19-15-34(16-20-51)58-35-27-53(28-35)43-10-5-32(25-48-43)31-4-7-36-39-26-47-17-11-40(39)50(2)42(36)23-31/h4-8,10-11,17,23-26,30,34-35,41H,1,3,9,12-16,18-22,27-28H2,2H3,(H,49,55). The van der Waals surface area contributed by atoms with E-state index < -0.39 is 6.04 Å². The number of allylic oxidation sites excluding steroid dienone is 1. The Bertz CT molecular complexity index is 2420. The number of aryl methyl sites for hydroxylation is 1. The van der Waals surface area contributed by atoms with E-state index in [-0.39, 0.29) is 23.8 Å². The van der Waals surface area contributed by atoms with Gasteiger partial charge in [-0.2, -0.15) is 0 Å². The summed E-state index contributed by atoms with van der Waals surface area (Å²) in [6.45, 7) is 10.7. The molecule has 12 nitrogen and oxygen atoms in total. The van der Waals surface area contributed by atoms with Gasteiger partial charge in [-0.3, -0.25) is 24.3 Å². The summed E-state index contributed by atoms with van der Waals surface area (Å²) in [5, 5.41) is 5.09. The van der Waals surface area contributed by atoms with Crippen LogP contribution < -0.4 is 15.1 Å². The summed E-state index contributed by atoms with van der Waals surface area (Å²) in [5.41, 5.74) is 7.03. The number of likely N-dealkylation sites (tertiary alicyclic amines) is 1. The Morgan fingerprint density at radius 3 is 2.34 bits per heavy atom. The first-order valence-electron chi connectivity index (χ1n) is 20.9. The molecule has 58 heavy (non-hydrogen) atoms. The van der Waals surface area contributed by atoms with E-state index in [0.29, 0.717) is 41.7 Å². The Kier molecular flexibility index (Phi) is 9.48. The minimum Gasteiger partial charge on any atom is -0.371 e. The van der Waals surface area contributed by atoms with Crippen LogP contribution in [0.4, 0.5) is 11.5 Å². The summed E-state index contributed by atoms with van der Waals surface area (Å²) in [7, 11) is 2.11. The zero-order valence-corrected chi connectivity index (χ0v) is 33.1. The van der Waals surface area contributed by atoms with Gasteiger partial charge in [0, 0.05) is 98.1 Å². The van der Waals surface area contributed by atoms with E-state index in [1.165, 1.54) is 28.2 Å². The highest BCUT2D eigenvalue weighted by Gasteiger charge is 2.44. The highest BCUT2D eigenvalue weighted by Crippen LogP contribution is 2.35. The van der Waals surface area contributed by atoms with Crippen LogP contribution >= 0.6 is 0 Å². The second-order valence-corrected chi connectivity index (χ2v) is 16.9. The number of hydrogen-bond donors (Lipinski definition) is 1. The van der Waals surface area contributed by atoms with Crippen molar-refractivity contribution < 1.29 is 19.1 Å². The maximum absolute atomic E-state index is 13.4. The van der Waals surface area contributed by atoms with Crippen molar-refractivity contribution in [1.82, 2.24) is 29.7 Å². The maximum Gasteiger partial charge on any atom is 0.262 e. The predicted octanol–water partition coefficient (Wildman–Crippen LogP) is 6.15. The number of carbonyl (C=O) groups excluding carboxylic acids is 3. The first kappa shape index (κ1) is 36.7. The number of amides is 3. The van der Waals surface area contributed by atoms with Gasteiger partial charge < -0.3 is 29.3 Å². The van der Waals surface area contributed by atoms with Crippen LogP contribution in [0.5, 0.6) is 0 Å². The van der Waals surface area contributed by atoms with Gasteiger partial charge in [0.25, 0.3) is 11.8 Å². The van der Waals surface area contributed by atoms with Gasteiger partial charge in [-0.1, -0.05) is 18.7 Å². The second-order valence-electron chi connectivity index (χ2n) is 16.9. The fourth-order valence-corrected chi connectivity index (χ4v) is 9.81. The zero-order valence-electron chi connectivity index (χ0n) is 33.1. The van der Waals surface area contributed by atoms with Crippen LogP contribution in [0.15, 0.2) is 85.5 Å². The largest absolute Gasteiger partial charge is 0.371 e. The molecule has 2 aromatic carbocycles. The van der Waals surface area contributed by atoms with E-state index in [9.17, 15) is 14.4 Å². The lowest BCUT2D eigenvalue weighted by Crippen LogP contribution is -2.54. The number of rotatable bonds is 9. The molecule has 4 saturated heterocycles. The van der Waals surface area contributed by atoms with E-state index in [4.69, 9.17) is 9.72 Å².